The van der Waals surface area contributed by atoms with Crippen LogP contribution in [0.3, 0.4) is 0 Å². The van der Waals surface area contributed by atoms with E-state index in [2.05, 4.69) is 0 Å². The van der Waals surface area contributed by atoms with E-state index in [1.54, 1.807) is 12.1 Å². The van der Waals surface area contributed by atoms with Crippen molar-refractivity contribution in [3.63, 3.8) is 0 Å². The summed E-state index contributed by atoms with van der Waals surface area (Å²) >= 11 is 13.3. The lowest BCUT2D eigenvalue weighted by atomic mass is 10.1. The molecule has 2 rings (SSSR count). The highest BCUT2D eigenvalue weighted by Gasteiger charge is 2.14. The van der Waals surface area contributed by atoms with Crippen LogP contribution in [0.1, 0.15) is 20.8 Å². The minimum atomic E-state index is 0.0374. The smallest absolute Gasteiger partial charge is 0.178 e. The Morgan fingerprint density at radius 2 is 2.12 bits per heavy atom. The molecule has 2 aromatic rings. The first-order chi connectivity index (χ1) is 8.08. The Hall–Kier alpha value is -0.830. The molecular weight excluding hydrogens is 275 g/mol. The average Bonchev–Trinajstić information content (AvgIpc) is 2.60. The van der Waals surface area contributed by atoms with Gasteiger partial charge in [0.15, 0.2) is 5.78 Å². The molecule has 1 heterocycles. The van der Waals surface area contributed by atoms with Gasteiger partial charge in [0.2, 0.25) is 0 Å². The number of Topliss-reactive ketones (excluding diaryl/α,β-unsaturated/α-hetero) is 1. The van der Waals surface area contributed by atoms with Crippen LogP contribution in [-0.2, 0) is 6.42 Å². The molecule has 0 amide bonds. The van der Waals surface area contributed by atoms with Crippen LogP contribution in [0.15, 0.2) is 29.6 Å². The molecule has 0 atom stereocenters. The maximum atomic E-state index is 12.0. The van der Waals surface area contributed by atoms with Crippen molar-refractivity contribution in [2.24, 2.45) is 0 Å². The number of hydrogen-bond acceptors (Lipinski definition) is 2. The van der Waals surface area contributed by atoms with Gasteiger partial charge in [-0.1, -0.05) is 35.3 Å². The zero-order valence-electron chi connectivity index (χ0n) is 9.17. The van der Waals surface area contributed by atoms with Crippen LogP contribution in [0.5, 0.6) is 0 Å². The Balaban J connectivity index is 2.20. The molecule has 0 bridgehead atoms. The molecule has 0 saturated heterocycles. The van der Waals surface area contributed by atoms with Crippen molar-refractivity contribution in [1.29, 1.82) is 0 Å². The molecule has 0 N–H and O–H groups in total. The predicted molar refractivity (Wildman–Crippen MR) is 73.6 cm³/mol. The second kappa shape index (κ2) is 5.21. The zero-order chi connectivity index (χ0) is 12.4. The molecule has 0 radical (unpaired) electrons. The molecule has 0 unspecified atom stereocenters. The van der Waals surface area contributed by atoms with E-state index in [1.165, 1.54) is 11.3 Å². The third kappa shape index (κ3) is 2.89. The number of halogens is 2. The number of rotatable bonds is 3. The number of ketones is 1. The molecule has 88 valence electrons. The summed E-state index contributed by atoms with van der Waals surface area (Å²) in [7, 11) is 0. The monoisotopic (exact) mass is 284 g/mol. The molecule has 1 nitrogen and oxygen atoms in total. The van der Waals surface area contributed by atoms with Gasteiger partial charge in [-0.2, -0.15) is 0 Å². The maximum Gasteiger partial charge on any atom is 0.178 e. The van der Waals surface area contributed by atoms with Crippen molar-refractivity contribution < 1.29 is 4.79 Å². The normalized spacial score (nSPS) is 10.5. The van der Waals surface area contributed by atoms with Crippen molar-refractivity contribution in [3.05, 3.63) is 55.7 Å². The van der Waals surface area contributed by atoms with Crippen LogP contribution in [-0.4, -0.2) is 5.78 Å². The summed E-state index contributed by atoms with van der Waals surface area (Å²) in [4.78, 5) is 12.7. The van der Waals surface area contributed by atoms with Crippen LogP contribution in [0.25, 0.3) is 0 Å². The van der Waals surface area contributed by atoms with E-state index in [4.69, 9.17) is 23.2 Å². The molecule has 1 aromatic carbocycles. The van der Waals surface area contributed by atoms with Crippen molar-refractivity contribution in [2.45, 2.75) is 13.3 Å². The number of carbonyl (C=O) groups excluding carboxylic acids is 1. The largest absolute Gasteiger partial charge is 0.293 e. The number of benzene rings is 1. The second-order valence-corrected chi connectivity index (χ2v) is 5.49. The summed E-state index contributed by atoms with van der Waals surface area (Å²) in [5.41, 5.74) is 1.86. The molecule has 0 aliphatic rings. The summed E-state index contributed by atoms with van der Waals surface area (Å²) < 4.78 is 0. The van der Waals surface area contributed by atoms with Crippen molar-refractivity contribution in [3.8, 4) is 0 Å². The van der Waals surface area contributed by atoms with E-state index in [-0.39, 0.29) is 5.78 Å². The third-order valence-electron chi connectivity index (χ3n) is 2.41. The van der Waals surface area contributed by atoms with Gasteiger partial charge in [0, 0.05) is 11.4 Å². The molecule has 17 heavy (non-hydrogen) atoms. The van der Waals surface area contributed by atoms with Gasteiger partial charge in [-0.05, 0) is 35.6 Å². The van der Waals surface area contributed by atoms with Crippen LogP contribution >= 0.6 is 34.5 Å². The summed E-state index contributed by atoms with van der Waals surface area (Å²) in [6.45, 7) is 1.90. The van der Waals surface area contributed by atoms with E-state index < -0.39 is 0 Å². The fourth-order valence-corrected chi connectivity index (χ4v) is 2.98. The zero-order valence-corrected chi connectivity index (χ0v) is 11.5. The van der Waals surface area contributed by atoms with Crippen LogP contribution in [0, 0.1) is 6.92 Å². The molecule has 0 saturated carbocycles. The number of aryl methyl sites for hydroxylation is 1. The van der Waals surface area contributed by atoms with Gasteiger partial charge < -0.3 is 0 Å². The highest BCUT2D eigenvalue weighted by molar-refractivity contribution is 7.13. The van der Waals surface area contributed by atoms with Crippen molar-refractivity contribution >= 4 is 40.3 Å². The Bertz CT molecular complexity index is 560. The van der Waals surface area contributed by atoms with Gasteiger partial charge in [0.05, 0.1) is 9.90 Å². The number of thiophene rings is 1. The predicted octanol–water partition coefficient (Wildman–Crippen LogP) is 4.79. The summed E-state index contributed by atoms with van der Waals surface area (Å²) in [6, 6.07) is 7.32. The van der Waals surface area contributed by atoms with E-state index in [0.717, 1.165) is 11.1 Å². The van der Waals surface area contributed by atoms with E-state index in [9.17, 15) is 4.79 Å². The second-order valence-electron chi connectivity index (χ2n) is 3.79. The quantitative estimate of drug-likeness (QED) is 0.741. The standard InChI is InChI=1S/C13H10Cl2OS/c1-8-7-17-13(12(8)15)11(16)6-9-3-2-4-10(14)5-9/h2-5,7H,6H2,1H3. The first-order valence-electron chi connectivity index (χ1n) is 5.09. The Labute approximate surface area is 114 Å². The van der Waals surface area contributed by atoms with Crippen molar-refractivity contribution in [1.82, 2.24) is 0 Å². The van der Waals surface area contributed by atoms with E-state index in [0.29, 0.717) is 21.3 Å². The van der Waals surface area contributed by atoms with Crippen LogP contribution in [0.4, 0.5) is 0 Å². The third-order valence-corrected chi connectivity index (χ3v) is 4.38. The van der Waals surface area contributed by atoms with Gasteiger partial charge in [0.25, 0.3) is 0 Å². The highest BCUT2D eigenvalue weighted by Crippen LogP contribution is 2.28. The fourth-order valence-electron chi connectivity index (χ4n) is 1.53. The maximum absolute atomic E-state index is 12.0. The molecule has 0 spiro atoms. The lowest BCUT2D eigenvalue weighted by Gasteiger charge is -2.01. The minimum absolute atomic E-state index is 0.0374. The molecule has 0 fully saturated rings. The average molecular weight is 285 g/mol. The van der Waals surface area contributed by atoms with Gasteiger partial charge in [-0.15, -0.1) is 11.3 Å². The molecule has 1 aromatic heterocycles. The first-order valence-corrected chi connectivity index (χ1v) is 6.72. The number of hydrogen-bond donors (Lipinski definition) is 0. The van der Waals surface area contributed by atoms with E-state index >= 15 is 0 Å². The SMILES string of the molecule is Cc1csc(C(=O)Cc2cccc(Cl)c2)c1Cl. The van der Waals surface area contributed by atoms with Gasteiger partial charge >= 0.3 is 0 Å². The van der Waals surface area contributed by atoms with Gasteiger partial charge in [-0.3, -0.25) is 4.79 Å². The fraction of sp³-hybridized carbons (Fsp3) is 0.154. The Morgan fingerprint density at radius 1 is 1.35 bits per heavy atom. The van der Waals surface area contributed by atoms with Crippen molar-refractivity contribution in [2.75, 3.05) is 0 Å². The molecule has 0 aliphatic carbocycles. The lowest BCUT2D eigenvalue weighted by Crippen LogP contribution is -2.01. The minimum Gasteiger partial charge on any atom is -0.293 e. The topological polar surface area (TPSA) is 17.1 Å². The van der Waals surface area contributed by atoms with Gasteiger partial charge in [-0.25, -0.2) is 0 Å². The first kappa shape index (κ1) is 12.6. The Morgan fingerprint density at radius 3 is 2.71 bits per heavy atom. The van der Waals surface area contributed by atoms with Gasteiger partial charge in [0.1, 0.15) is 0 Å². The number of carbonyl (C=O) groups is 1. The van der Waals surface area contributed by atoms with Crippen LogP contribution in [0.2, 0.25) is 10.0 Å². The Kier molecular flexibility index (Phi) is 3.87. The summed E-state index contributed by atoms with van der Waals surface area (Å²) in [5.74, 6) is 0.0374. The molecule has 0 aliphatic heterocycles. The highest BCUT2D eigenvalue weighted by atomic mass is 35.5. The summed E-state index contributed by atoms with van der Waals surface area (Å²) in [6.07, 6.45) is 0.334. The molecular formula is C13H10Cl2OS. The van der Waals surface area contributed by atoms with Crippen LogP contribution < -0.4 is 0 Å². The molecule has 4 heteroatoms. The van der Waals surface area contributed by atoms with E-state index in [1.807, 2.05) is 24.4 Å². The summed E-state index contributed by atoms with van der Waals surface area (Å²) in [5, 5.41) is 3.11. The lowest BCUT2D eigenvalue weighted by molar-refractivity contribution is 0.0997.